The van der Waals surface area contributed by atoms with Crippen LogP contribution in [0.1, 0.15) is 57.8 Å². The Morgan fingerprint density at radius 3 is 2.53 bits per heavy atom. The molecule has 0 N–H and O–H groups in total. The first kappa shape index (κ1) is 26.2. The van der Waals surface area contributed by atoms with Gasteiger partial charge in [0.05, 0.1) is 48.2 Å². The lowest BCUT2D eigenvalue weighted by molar-refractivity contribution is -0.141. The predicted molar refractivity (Wildman–Crippen MR) is 136 cm³/mol. The van der Waals surface area contributed by atoms with E-state index in [0.29, 0.717) is 23.0 Å². The first-order chi connectivity index (χ1) is 18.2. The van der Waals surface area contributed by atoms with E-state index in [1.165, 1.54) is 22.5 Å². The normalized spacial score (nSPS) is 18.9. The molecule has 4 heterocycles. The molecule has 7 nitrogen and oxygen atoms in total. The third kappa shape index (κ3) is 5.56. The van der Waals surface area contributed by atoms with Gasteiger partial charge in [0.25, 0.3) is 0 Å². The Balaban J connectivity index is 1.25. The highest BCUT2D eigenvalue weighted by Crippen LogP contribution is 2.31. The Kier molecular flexibility index (Phi) is 7.45. The number of nitrogens with zero attached hydrogens (tertiary/aromatic N) is 5. The first-order valence-corrected chi connectivity index (χ1v) is 12.8. The standard InChI is InChI=1S/C28H30F3N5O2/c1-18-13-20(15-33-27(18)21-3-5-22(6-4-21)35-9-11-38-12-10-35)14-25(37)24-17-34-36(19(24)2)23-7-8-26(32-16-23)28(29,30)31/h3,7-8,13,15-17,22H,4-6,9-12,14H2,1-2H3. The molecule has 3 aromatic rings. The number of Topliss-reactive ketones (excluding diaryl/α,β-unsaturated/α-hetero) is 1. The number of carbonyl (C=O) groups is 1. The van der Waals surface area contributed by atoms with Crippen LogP contribution in [0.15, 0.2) is 42.9 Å². The predicted octanol–water partition coefficient (Wildman–Crippen LogP) is 4.99. The molecule has 1 fully saturated rings. The van der Waals surface area contributed by atoms with Crippen molar-refractivity contribution in [2.45, 2.75) is 51.7 Å². The van der Waals surface area contributed by atoms with Gasteiger partial charge in [-0.1, -0.05) is 12.1 Å². The van der Waals surface area contributed by atoms with E-state index in [0.717, 1.165) is 74.6 Å². The van der Waals surface area contributed by atoms with Crippen molar-refractivity contribution in [2.75, 3.05) is 26.3 Å². The fourth-order valence-corrected chi connectivity index (χ4v) is 5.28. The van der Waals surface area contributed by atoms with Gasteiger partial charge in [-0.15, -0.1) is 0 Å². The van der Waals surface area contributed by atoms with Gasteiger partial charge in [-0.25, -0.2) is 9.67 Å². The fourth-order valence-electron chi connectivity index (χ4n) is 5.28. The van der Waals surface area contributed by atoms with Gasteiger partial charge in [-0.2, -0.15) is 18.3 Å². The highest BCUT2D eigenvalue weighted by molar-refractivity contribution is 5.98. The van der Waals surface area contributed by atoms with Gasteiger partial charge in [0.15, 0.2) is 5.78 Å². The van der Waals surface area contributed by atoms with E-state index in [2.05, 4.69) is 21.1 Å². The molecular formula is C28H30F3N5O2. The van der Waals surface area contributed by atoms with Crippen molar-refractivity contribution in [2.24, 2.45) is 0 Å². The highest BCUT2D eigenvalue weighted by atomic mass is 19.4. The number of halogens is 3. The maximum atomic E-state index is 13.1. The van der Waals surface area contributed by atoms with Crippen LogP contribution in [-0.4, -0.2) is 62.8 Å². The van der Waals surface area contributed by atoms with Crippen LogP contribution in [0.5, 0.6) is 0 Å². The van der Waals surface area contributed by atoms with E-state index in [1.54, 1.807) is 13.1 Å². The molecule has 38 heavy (non-hydrogen) atoms. The number of morpholine rings is 1. The molecule has 1 aliphatic heterocycles. The van der Waals surface area contributed by atoms with Gasteiger partial charge in [-0.05, 0) is 61.9 Å². The molecule has 1 unspecified atom stereocenters. The molecule has 3 aromatic heterocycles. The van der Waals surface area contributed by atoms with Gasteiger partial charge in [0.2, 0.25) is 0 Å². The summed E-state index contributed by atoms with van der Waals surface area (Å²) in [6.07, 6.45) is 5.34. The van der Waals surface area contributed by atoms with Gasteiger partial charge in [-0.3, -0.25) is 14.7 Å². The second-order valence-corrected chi connectivity index (χ2v) is 9.87. The SMILES string of the molecule is Cc1cc(CC(=O)c2cnn(-c3ccc(C(F)(F)F)nc3)c2C)cnc1C1=CCC(N2CCOCC2)CC1. The molecule has 10 heteroatoms. The number of carbonyl (C=O) groups excluding carboxylic acids is 1. The van der Waals surface area contributed by atoms with Crippen LogP contribution in [0.2, 0.25) is 0 Å². The van der Waals surface area contributed by atoms with Crippen molar-refractivity contribution < 1.29 is 22.7 Å². The third-order valence-corrected chi connectivity index (χ3v) is 7.34. The molecule has 0 radical (unpaired) electrons. The van der Waals surface area contributed by atoms with Crippen molar-refractivity contribution in [3.63, 3.8) is 0 Å². The van der Waals surface area contributed by atoms with Crippen LogP contribution in [0.4, 0.5) is 13.2 Å². The second kappa shape index (κ2) is 10.8. The number of ketones is 1. The van der Waals surface area contributed by atoms with Crippen molar-refractivity contribution in [3.05, 3.63) is 76.6 Å². The van der Waals surface area contributed by atoms with Crippen molar-refractivity contribution in [1.29, 1.82) is 0 Å². The Bertz CT molecular complexity index is 1340. The number of ether oxygens (including phenoxy) is 1. The number of rotatable bonds is 6. The molecule has 0 aromatic carbocycles. The number of alkyl halides is 3. The van der Waals surface area contributed by atoms with Crippen LogP contribution < -0.4 is 0 Å². The van der Waals surface area contributed by atoms with Crippen LogP contribution in [0.25, 0.3) is 11.3 Å². The molecule has 200 valence electrons. The van der Waals surface area contributed by atoms with E-state index < -0.39 is 11.9 Å². The fraction of sp³-hybridized carbons (Fsp3) is 0.429. The lowest BCUT2D eigenvalue weighted by Crippen LogP contribution is -2.43. The Morgan fingerprint density at radius 1 is 1.11 bits per heavy atom. The minimum atomic E-state index is -4.51. The largest absolute Gasteiger partial charge is 0.433 e. The van der Waals surface area contributed by atoms with E-state index in [9.17, 15) is 18.0 Å². The molecule has 1 atom stereocenters. The smallest absolute Gasteiger partial charge is 0.379 e. The van der Waals surface area contributed by atoms with Crippen LogP contribution in [0, 0.1) is 13.8 Å². The van der Waals surface area contributed by atoms with E-state index >= 15 is 0 Å². The number of pyridine rings is 2. The summed E-state index contributed by atoms with van der Waals surface area (Å²) >= 11 is 0. The van der Waals surface area contributed by atoms with E-state index in [-0.39, 0.29) is 12.2 Å². The monoisotopic (exact) mass is 525 g/mol. The minimum absolute atomic E-state index is 0.132. The molecule has 2 aliphatic rings. The van der Waals surface area contributed by atoms with E-state index in [1.807, 2.05) is 13.0 Å². The molecule has 1 saturated heterocycles. The second-order valence-electron chi connectivity index (χ2n) is 9.87. The van der Waals surface area contributed by atoms with Gasteiger partial charge in [0, 0.05) is 31.7 Å². The van der Waals surface area contributed by atoms with Crippen LogP contribution >= 0.6 is 0 Å². The van der Waals surface area contributed by atoms with Crippen LogP contribution in [-0.2, 0) is 17.3 Å². The molecule has 5 rings (SSSR count). The molecular weight excluding hydrogens is 495 g/mol. The zero-order chi connectivity index (χ0) is 26.9. The number of aromatic nitrogens is 4. The third-order valence-electron chi connectivity index (χ3n) is 7.34. The Hall–Kier alpha value is -3.37. The van der Waals surface area contributed by atoms with E-state index in [4.69, 9.17) is 9.72 Å². The molecule has 0 amide bonds. The number of aryl methyl sites for hydroxylation is 1. The lowest BCUT2D eigenvalue weighted by atomic mass is 9.90. The number of allylic oxidation sites excluding steroid dienone is 1. The summed E-state index contributed by atoms with van der Waals surface area (Å²) in [5.74, 6) is -0.132. The highest BCUT2D eigenvalue weighted by Gasteiger charge is 2.32. The quantitative estimate of drug-likeness (QED) is 0.422. The summed E-state index contributed by atoms with van der Waals surface area (Å²) in [7, 11) is 0. The summed E-state index contributed by atoms with van der Waals surface area (Å²) in [5, 5.41) is 4.21. The lowest BCUT2D eigenvalue weighted by Gasteiger charge is -2.36. The summed E-state index contributed by atoms with van der Waals surface area (Å²) in [4.78, 5) is 23.8. The number of hydrogen-bond acceptors (Lipinski definition) is 6. The Morgan fingerprint density at radius 2 is 1.89 bits per heavy atom. The maximum Gasteiger partial charge on any atom is 0.433 e. The van der Waals surface area contributed by atoms with Gasteiger partial charge >= 0.3 is 6.18 Å². The molecule has 0 saturated carbocycles. The zero-order valence-corrected chi connectivity index (χ0v) is 21.5. The topological polar surface area (TPSA) is 73.1 Å². The maximum absolute atomic E-state index is 13.1. The van der Waals surface area contributed by atoms with Crippen molar-refractivity contribution >= 4 is 11.4 Å². The van der Waals surface area contributed by atoms with Crippen LogP contribution in [0.3, 0.4) is 0 Å². The molecule has 0 bridgehead atoms. The first-order valence-electron chi connectivity index (χ1n) is 12.8. The van der Waals surface area contributed by atoms with Gasteiger partial charge in [0.1, 0.15) is 5.69 Å². The minimum Gasteiger partial charge on any atom is -0.379 e. The Labute approximate surface area is 219 Å². The molecule has 1 aliphatic carbocycles. The van der Waals surface area contributed by atoms with Crippen molar-refractivity contribution in [1.82, 2.24) is 24.6 Å². The summed E-state index contributed by atoms with van der Waals surface area (Å²) < 4.78 is 45.4. The molecule has 0 spiro atoms. The van der Waals surface area contributed by atoms with Gasteiger partial charge < -0.3 is 4.74 Å². The zero-order valence-electron chi connectivity index (χ0n) is 21.5. The summed E-state index contributed by atoms with van der Waals surface area (Å²) in [6.45, 7) is 7.33. The summed E-state index contributed by atoms with van der Waals surface area (Å²) in [6, 6.07) is 4.76. The summed E-state index contributed by atoms with van der Waals surface area (Å²) in [5.41, 5.74) is 4.42. The number of hydrogen-bond donors (Lipinski definition) is 0. The average Bonchev–Trinajstić information content (AvgIpc) is 3.30. The van der Waals surface area contributed by atoms with Crippen molar-refractivity contribution in [3.8, 4) is 5.69 Å². The average molecular weight is 526 g/mol.